The molecule has 2 rings (SSSR count). The lowest BCUT2D eigenvalue weighted by atomic mass is 9.90. The van der Waals surface area contributed by atoms with E-state index in [4.69, 9.17) is 5.73 Å². The molecule has 4 heteroatoms. The van der Waals surface area contributed by atoms with Crippen molar-refractivity contribution >= 4 is 5.91 Å². The number of nitrogens with two attached hydrogens (primary N) is 1. The highest BCUT2D eigenvalue weighted by Crippen LogP contribution is 2.26. The van der Waals surface area contributed by atoms with Crippen LogP contribution >= 0.6 is 0 Å². The van der Waals surface area contributed by atoms with Crippen LogP contribution in [0.25, 0.3) is 0 Å². The fourth-order valence-electron chi connectivity index (χ4n) is 3.28. The molecule has 2 fully saturated rings. The summed E-state index contributed by atoms with van der Waals surface area (Å²) in [4.78, 5) is 14.7. The Hall–Kier alpha value is -0.610. The zero-order chi connectivity index (χ0) is 13.7. The topological polar surface area (TPSA) is 58.4 Å². The molecule has 2 aliphatic rings. The number of carbonyl (C=O) groups excluding carboxylic acids is 1. The zero-order valence-electron chi connectivity index (χ0n) is 12.2. The van der Waals surface area contributed by atoms with Crippen molar-refractivity contribution in [2.75, 3.05) is 13.1 Å². The van der Waals surface area contributed by atoms with Gasteiger partial charge in [-0.15, -0.1) is 0 Å². The number of hydrogen-bond acceptors (Lipinski definition) is 3. The average Bonchev–Trinajstić information content (AvgIpc) is 2.36. The fraction of sp³-hybridized carbons (Fsp3) is 0.933. The minimum Gasteiger partial charge on any atom is -0.352 e. The molecule has 19 heavy (non-hydrogen) atoms. The van der Waals surface area contributed by atoms with Gasteiger partial charge in [-0.25, -0.2) is 0 Å². The molecule has 0 aromatic carbocycles. The maximum absolute atomic E-state index is 12.4. The van der Waals surface area contributed by atoms with Gasteiger partial charge in [0.1, 0.15) is 0 Å². The molecule has 2 saturated carbocycles. The number of hydrogen-bond donors (Lipinski definition) is 2. The number of rotatable bonds is 6. The van der Waals surface area contributed by atoms with E-state index in [-0.39, 0.29) is 11.9 Å². The minimum atomic E-state index is -0.0317. The standard InChI is InChI=1S/C15H29N3O/c1-12(18(11-10-16)14-8-5-9-14)15(19)17-13-6-3-2-4-7-13/h12-14H,2-11,16H2,1H3,(H,17,19). The van der Waals surface area contributed by atoms with Gasteiger partial charge in [-0.05, 0) is 32.6 Å². The highest BCUT2D eigenvalue weighted by atomic mass is 16.2. The summed E-state index contributed by atoms with van der Waals surface area (Å²) in [6, 6.07) is 0.955. The first-order valence-corrected chi connectivity index (χ1v) is 7.98. The maximum Gasteiger partial charge on any atom is 0.237 e. The summed E-state index contributed by atoms with van der Waals surface area (Å²) in [7, 11) is 0. The number of nitrogens with zero attached hydrogens (tertiary/aromatic N) is 1. The van der Waals surface area contributed by atoms with Gasteiger partial charge in [0, 0.05) is 25.2 Å². The van der Waals surface area contributed by atoms with Crippen LogP contribution < -0.4 is 11.1 Å². The van der Waals surface area contributed by atoms with E-state index in [0.717, 1.165) is 19.4 Å². The van der Waals surface area contributed by atoms with Crippen LogP contribution in [0.4, 0.5) is 0 Å². The third-order valence-electron chi connectivity index (χ3n) is 4.76. The Balaban J connectivity index is 1.84. The van der Waals surface area contributed by atoms with Crippen LogP contribution in [-0.4, -0.2) is 42.0 Å². The summed E-state index contributed by atoms with van der Waals surface area (Å²) in [5.41, 5.74) is 5.69. The van der Waals surface area contributed by atoms with Gasteiger partial charge in [0.05, 0.1) is 6.04 Å². The van der Waals surface area contributed by atoms with E-state index in [1.165, 1.54) is 38.5 Å². The lowest BCUT2D eigenvalue weighted by molar-refractivity contribution is -0.128. The number of carbonyl (C=O) groups is 1. The van der Waals surface area contributed by atoms with E-state index in [2.05, 4.69) is 10.2 Å². The van der Waals surface area contributed by atoms with Crippen LogP contribution in [0.3, 0.4) is 0 Å². The van der Waals surface area contributed by atoms with Crippen molar-refractivity contribution in [3.63, 3.8) is 0 Å². The SMILES string of the molecule is CC(C(=O)NC1CCCCC1)N(CCN)C1CCC1. The zero-order valence-corrected chi connectivity index (χ0v) is 12.2. The molecule has 1 atom stereocenters. The third kappa shape index (κ3) is 3.93. The molecule has 0 saturated heterocycles. The smallest absolute Gasteiger partial charge is 0.237 e. The maximum atomic E-state index is 12.4. The summed E-state index contributed by atoms with van der Waals surface area (Å²) < 4.78 is 0. The molecule has 110 valence electrons. The predicted octanol–water partition coefficient (Wildman–Crippen LogP) is 1.64. The molecule has 0 spiro atoms. The molecule has 3 N–H and O–H groups in total. The van der Waals surface area contributed by atoms with Crippen molar-refractivity contribution in [1.82, 2.24) is 10.2 Å². The van der Waals surface area contributed by atoms with E-state index in [9.17, 15) is 4.79 Å². The first-order chi connectivity index (χ1) is 9.22. The molecule has 0 bridgehead atoms. The van der Waals surface area contributed by atoms with Gasteiger partial charge in [0.25, 0.3) is 0 Å². The Morgan fingerprint density at radius 3 is 2.42 bits per heavy atom. The van der Waals surface area contributed by atoms with Crippen molar-refractivity contribution in [2.24, 2.45) is 5.73 Å². The van der Waals surface area contributed by atoms with Crippen LogP contribution in [0.1, 0.15) is 58.3 Å². The van der Waals surface area contributed by atoms with E-state index >= 15 is 0 Å². The predicted molar refractivity (Wildman–Crippen MR) is 77.9 cm³/mol. The molecule has 0 aromatic rings. The van der Waals surface area contributed by atoms with Crippen LogP contribution in [0.5, 0.6) is 0 Å². The summed E-state index contributed by atoms with van der Waals surface area (Å²) in [6.45, 7) is 3.51. The van der Waals surface area contributed by atoms with Gasteiger partial charge in [-0.3, -0.25) is 9.69 Å². The van der Waals surface area contributed by atoms with Crippen molar-refractivity contribution < 1.29 is 4.79 Å². The van der Waals surface area contributed by atoms with Crippen molar-refractivity contribution in [3.05, 3.63) is 0 Å². The summed E-state index contributed by atoms with van der Waals surface area (Å²) >= 11 is 0. The Morgan fingerprint density at radius 1 is 1.21 bits per heavy atom. The van der Waals surface area contributed by atoms with E-state index in [1.807, 2.05) is 6.92 Å². The molecule has 2 aliphatic carbocycles. The van der Waals surface area contributed by atoms with Gasteiger partial charge < -0.3 is 11.1 Å². The van der Waals surface area contributed by atoms with Crippen molar-refractivity contribution in [3.8, 4) is 0 Å². The van der Waals surface area contributed by atoms with E-state index in [0.29, 0.717) is 18.6 Å². The third-order valence-corrected chi connectivity index (χ3v) is 4.76. The highest BCUT2D eigenvalue weighted by molar-refractivity contribution is 5.81. The van der Waals surface area contributed by atoms with Gasteiger partial charge in [-0.1, -0.05) is 25.7 Å². The number of nitrogens with one attached hydrogen (secondary N) is 1. The molecule has 0 aromatic heterocycles. The second kappa shape index (κ2) is 7.25. The van der Waals surface area contributed by atoms with Crippen LogP contribution in [-0.2, 0) is 4.79 Å². The van der Waals surface area contributed by atoms with Crippen molar-refractivity contribution in [1.29, 1.82) is 0 Å². The Bertz CT molecular complexity index is 285. The van der Waals surface area contributed by atoms with Gasteiger partial charge in [0.15, 0.2) is 0 Å². The van der Waals surface area contributed by atoms with Crippen LogP contribution in [0.15, 0.2) is 0 Å². The molecule has 0 radical (unpaired) electrons. The molecular weight excluding hydrogens is 238 g/mol. The number of amides is 1. The fourth-order valence-corrected chi connectivity index (χ4v) is 3.28. The molecule has 4 nitrogen and oxygen atoms in total. The summed E-state index contributed by atoms with van der Waals surface area (Å²) in [5, 5.41) is 3.24. The summed E-state index contributed by atoms with van der Waals surface area (Å²) in [6.07, 6.45) is 9.88. The average molecular weight is 267 g/mol. The Kier molecular flexibility index (Phi) is 5.64. The van der Waals surface area contributed by atoms with Crippen LogP contribution in [0, 0.1) is 0 Å². The molecule has 0 aliphatic heterocycles. The minimum absolute atomic E-state index is 0.0317. The largest absolute Gasteiger partial charge is 0.352 e. The van der Waals surface area contributed by atoms with Gasteiger partial charge in [-0.2, -0.15) is 0 Å². The van der Waals surface area contributed by atoms with Crippen LogP contribution in [0.2, 0.25) is 0 Å². The lowest BCUT2D eigenvalue weighted by Gasteiger charge is -2.41. The molecule has 1 unspecified atom stereocenters. The first kappa shape index (κ1) is 14.8. The normalized spacial score (nSPS) is 23.1. The quantitative estimate of drug-likeness (QED) is 0.769. The molecule has 1 amide bonds. The highest BCUT2D eigenvalue weighted by Gasteiger charge is 2.32. The lowest BCUT2D eigenvalue weighted by Crippen LogP contribution is -2.54. The monoisotopic (exact) mass is 267 g/mol. The molecular formula is C15H29N3O. The van der Waals surface area contributed by atoms with Gasteiger partial charge >= 0.3 is 0 Å². The first-order valence-electron chi connectivity index (χ1n) is 7.98. The molecule has 0 heterocycles. The van der Waals surface area contributed by atoms with Crippen molar-refractivity contribution in [2.45, 2.75) is 76.4 Å². The van der Waals surface area contributed by atoms with Gasteiger partial charge in [0.2, 0.25) is 5.91 Å². The van der Waals surface area contributed by atoms with E-state index < -0.39 is 0 Å². The summed E-state index contributed by atoms with van der Waals surface area (Å²) in [5.74, 6) is 0.201. The second-order valence-electron chi connectivity index (χ2n) is 6.13. The van der Waals surface area contributed by atoms with E-state index in [1.54, 1.807) is 0 Å². The Morgan fingerprint density at radius 2 is 1.89 bits per heavy atom. The Labute approximate surface area is 117 Å². The second-order valence-corrected chi connectivity index (χ2v) is 6.13.